The number of halogens is 1. The van der Waals surface area contributed by atoms with Gasteiger partial charge in [-0.1, -0.05) is 0 Å². The van der Waals surface area contributed by atoms with Gasteiger partial charge in [0, 0.05) is 6.54 Å². The second kappa shape index (κ2) is 4.62. The zero-order chi connectivity index (χ0) is 12.5. The van der Waals surface area contributed by atoms with Crippen molar-refractivity contribution in [1.82, 2.24) is 4.90 Å². The van der Waals surface area contributed by atoms with Gasteiger partial charge < -0.3 is 4.74 Å². The Morgan fingerprint density at radius 2 is 1.94 bits per heavy atom. The van der Waals surface area contributed by atoms with Crippen molar-refractivity contribution in [2.45, 2.75) is 51.1 Å². The van der Waals surface area contributed by atoms with Gasteiger partial charge >= 0.3 is 6.09 Å². The van der Waals surface area contributed by atoms with Crippen LogP contribution in [0.1, 0.15) is 34.1 Å². The molecule has 0 saturated carbocycles. The van der Waals surface area contributed by atoms with E-state index in [1.807, 2.05) is 0 Å². The van der Waals surface area contributed by atoms with Gasteiger partial charge in [0.2, 0.25) is 0 Å². The van der Waals surface area contributed by atoms with Gasteiger partial charge in [-0.3, -0.25) is 9.69 Å². The molecule has 0 aliphatic carbocycles. The summed E-state index contributed by atoms with van der Waals surface area (Å²) in [5.41, 5.74) is -0.553. The van der Waals surface area contributed by atoms with Crippen LogP contribution in [-0.2, 0) is 9.53 Å². The molecule has 0 N–H and O–H groups in total. The molecule has 5 heteroatoms. The highest BCUT2D eigenvalue weighted by Crippen LogP contribution is 2.24. The predicted molar refractivity (Wildman–Crippen MR) is 61.7 cm³/mol. The molecule has 0 spiro atoms. The van der Waals surface area contributed by atoms with Crippen LogP contribution in [0.2, 0.25) is 0 Å². The average molecular weight is 248 g/mol. The van der Waals surface area contributed by atoms with E-state index in [1.54, 1.807) is 20.8 Å². The minimum atomic E-state index is -0.553. The van der Waals surface area contributed by atoms with Crippen molar-refractivity contribution >= 4 is 23.5 Å². The second-order valence-corrected chi connectivity index (χ2v) is 5.71. The van der Waals surface area contributed by atoms with Crippen molar-refractivity contribution in [3.8, 4) is 0 Å². The van der Waals surface area contributed by atoms with Gasteiger partial charge in [-0.05, 0) is 34.1 Å². The molecule has 1 aliphatic rings. The van der Waals surface area contributed by atoms with Crippen LogP contribution in [0, 0.1) is 0 Å². The van der Waals surface area contributed by atoms with Crippen molar-refractivity contribution in [1.29, 1.82) is 0 Å². The summed E-state index contributed by atoms with van der Waals surface area (Å²) in [7, 11) is 0. The van der Waals surface area contributed by atoms with E-state index in [0.29, 0.717) is 13.0 Å². The van der Waals surface area contributed by atoms with Gasteiger partial charge in [0.05, 0.1) is 11.4 Å². The van der Waals surface area contributed by atoms with E-state index in [2.05, 4.69) is 0 Å². The Bertz CT molecular complexity index is 298. The van der Waals surface area contributed by atoms with Crippen LogP contribution in [0.15, 0.2) is 0 Å². The number of hydrogen-bond donors (Lipinski definition) is 0. The topological polar surface area (TPSA) is 46.6 Å². The summed E-state index contributed by atoms with van der Waals surface area (Å²) in [6.07, 6.45) is 0.0479. The first-order valence-corrected chi connectivity index (χ1v) is 5.78. The lowest BCUT2D eigenvalue weighted by molar-refractivity contribution is -0.121. The summed E-state index contributed by atoms with van der Waals surface area (Å²) in [5.74, 6) is -0.0472. The Balaban J connectivity index is 2.71. The highest BCUT2D eigenvalue weighted by Gasteiger charge is 2.38. The molecule has 0 bridgehead atoms. The summed E-state index contributed by atoms with van der Waals surface area (Å²) in [6.45, 7) is 7.23. The number of likely N-dealkylation sites (tertiary alicyclic amines) is 1. The van der Waals surface area contributed by atoms with Crippen molar-refractivity contribution in [3.63, 3.8) is 0 Å². The van der Waals surface area contributed by atoms with Gasteiger partial charge in [0.15, 0.2) is 5.78 Å². The van der Waals surface area contributed by atoms with E-state index in [9.17, 15) is 9.59 Å². The first-order chi connectivity index (χ1) is 7.20. The molecule has 1 heterocycles. The lowest BCUT2D eigenvalue weighted by Crippen LogP contribution is -2.42. The summed E-state index contributed by atoms with van der Waals surface area (Å²) < 4.78 is 5.23. The third kappa shape index (κ3) is 3.37. The fourth-order valence-corrected chi connectivity index (χ4v) is 2.01. The SMILES string of the molecule is CC(=O)[C@H]1C[C@H](Cl)CN1C(=O)OC(C)(C)C. The number of carbonyl (C=O) groups is 2. The Morgan fingerprint density at radius 3 is 2.38 bits per heavy atom. The largest absolute Gasteiger partial charge is 0.444 e. The third-order valence-corrected chi connectivity index (χ3v) is 2.66. The van der Waals surface area contributed by atoms with E-state index in [0.717, 1.165) is 0 Å². The fraction of sp³-hybridized carbons (Fsp3) is 0.818. The number of carbonyl (C=O) groups excluding carboxylic acids is 2. The van der Waals surface area contributed by atoms with Crippen LogP contribution in [0.4, 0.5) is 4.79 Å². The number of rotatable bonds is 1. The molecule has 0 unspecified atom stereocenters. The normalized spacial score (nSPS) is 25.7. The summed E-state index contributed by atoms with van der Waals surface area (Å²) in [5, 5.41) is -0.165. The molecule has 1 amide bonds. The summed E-state index contributed by atoms with van der Waals surface area (Å²) >= 11 is 5.96. The van der Waals surface area contributed by atoms with Gasteiger partial charge in [-0.25, -0.2) is 4.79 Å². The van der Waals surface area contributed by atoms with Gasteiger partial charge in [0.1, 0.15) is 5.60 Å². The molecule has 1 rings (SSSR count). The molecule has 0 aromatic heterocycles. The van der Waals surface area contributed by atoms with E-state index >= 15 is 0 Å². The van der Waals surface area contributed by atoms with Crippen LogP contribution >= 0.6 is 11.6 Å². The molecule has 92 valence electrons. The smallest absolute Gasteiger partial charge is 0.410 e. The van der Waals surface area contributed by atoms with Crippen LogP contribution in [0.3, 0.4) is 0 Å². The van der Waals surface area contributed by atoms with E-state index in [1.165, 1.54) is 11.8 Å². The monoisotopic (exact) mass is 247 g/mol. The first kappa shape index (κ1) is 13.3. The number of nitrogens with zero attached hydrogens (tertiary/aromatic N) is 1. The number of Topliss-reactive ketones (excluding diaryl/α,β-unsaturated/α-hetero) is 1. The minimum absolute atomic E-state index is 0.0472. The average Bonchev–Trinajstić information content (AvgIpc) is 2.44. The van der Waals surface area contributed by atoms with Crippen molar-refractivity contribution in [2.24, 2.45) is 0 Å². The standard InChI is InChI=1S/C11H18ClNO3/c1-7(14)9-5-8(12)6-13(9)10(15)16-11(2,3)4/h8-9H,5-6H2,1-4H3/t8-,9+/m0/s1. The molecular weight excluding hydrogens is 230 g/mol. The maximum atomic E-state index is 11.8. The predicted octanol–water partition coefficient (Wildman–Crippen LogP) is 2.19. The maximum absolute atomic E-state index is 11.8. The van der Waals surface area contributed by atoms with Crippen LogP contribution in [0.25, 0.3) is 0 Å². The summed E-state index contributed by atoms with van der Waals surface area (Å²) in [4.78, 5) is 24.6. The van der Waals surface area contributed by atoms with Gasteiger partial charge in [-0.2, -0.15) is 0 Å². The van der Waals surface area contributed by atoms with E-state index in [-0.39, 0.29) is 11.2 Å². The Morgan fingerprint density at radius 1 is 1.38 bits per heavy atom. The molecule has 0 aromatic carbocycles. The van der Waals surface area contributed by atoms with Crippen molar-refractivity contribution < 1.29 is 14.3 Å². The van der Waals surface area contributed by atoms with Crippen molar-refractivity contribution in [2.75, 3.05) is 6.54 Å². The Labute approximate surface area is 101 Å². The lowest BCUT2D eigenvalue weighted by atomic mass is 10.1. The number of ether oxygens (including phenoxy) is 1. The minimum Gasteiger partial charge on any atom is -0.444 e. The molecule has 4 nitrogen and oxygen atoms in total. The van der Waals surface area contributed by atoms with Gasteiger partial charge in [0.25, 0.3) is 0 Å². The van der Waals surface area contributed by atoms with Crippen molar-refractivity contribution in [3.05, 3.63) is 0 Å². The molecule has 0 aromatic rings. The van der Waals surface area contributed by atoms with Gasteiger partial charge in [-0.15, -0.1) is 11.6 Å². The zero-order valence-corrected chi connectivity index (χ0v) is 10.9. The molecule has 16 heavy (non-hydrogen) atoms. The molecule has 0 radical (unpaired) electrons. The third-order valence-electron chi connectivity index (χ3n) is 2.35. The zero-order valence-electron chi connectivity index (χ0n) is 10.1. The fourth-order valence-electron chi connectivity index (χ4n) is 1.69. The number of alkyl halides is 1. The number of hydrogen-bond acceptors (Lipinski definition) is 3. The molecule has 1 saturated heterocycles. The van der Waals surface area contributed by atoms with E-state index < -0.39 is 17.7 Å². The second-order valence-electron chi connectivity index (χ2n) is 5.09. The highest BCUT2D eigenvalue weighted by atomic mass is 35.5. The Kier molecular flexibility index (Phi) is 3.84. The number of amides is 1. The van der Waals surface area contributed by atoms with Crippen LogP contribution in [0.5, 0.6) is 0 Å². The van der Waals surface area contributed by atoms with E-state index in [4.69, 9.17) is 16.3 Å². The first-order valence-electron chi connectivity index (χ1n) is 5.35. The maximum Gasteiger partial charge on any atom is 0.410 e. The highest BCUT2D eigenvalue weighted by molar-refractivity contribution is 6.21. The molecule has 2 atom stereocenters. The lowest BCUT2D eigenvalue weighted by Gasteiger charge is -2.27. The summed E-state index contributed by atoms with van der Waals surface area (Å²) in [6, 6.07) is -0.433. The molecule has 1 aliphatic heterocycles. The quantitative estimate of drug-likeness (QED) is 0.668. The Hall–Kier alpha value is -0.770. The van der Waals surface area contributed by atoms with Crippen LogP contribution < -0.4 is 0 Å². The molecular formula is C11H18ClNO3. The number of ketones is 1. The van der Waals surface area contributed by atoms with Crippen LogP contribution in [-0.4, -0.2) is 40.3 Å². The molecule has 1 fully saturated rings.